The first-order valence-electron chi connectivity index (χ1n) is 8.29. The standard InChI is InChI=1S/C16H29N5/c1-5-14-15(6-2)18-19-16(17-14)21(4)12-10-13-9-7-8-11-20(13)3/h13H,5-12H2,1-4H3. The van der Waals surface area contributed by atoms with Gasteiger partial charge in [0.1, 0.15) is 0 Å². The first kappa shape index (κ1) is 16.1. The van der Waals surface area contributed by atoms with Crippen molar-refractivity contribution in [3.05, 3.63) is 11.4 Å². The van der Waals surface area contributed by atoms with Crippen LogP contribution in [-0.4, -0.2) is 53.3 Å². The van der Waals surface area contributed by atoms with Gasteiger partial charge in [-0.05, 0) is 45.7 Å². The van der Waals surface area contributed by atoms with E-state index in [1.807, 2.05) is 0 Å². The zero-order valence-electron chi connectivity index (χ0n) is 14.0. The molecule has 2 rings (SSSR count). The van der Waals surface area contributed by atoms with Crippen molar-refractivity contribution in [2.24, 2.45) is 0 Å². The number of aryl methyl sites for hydroxylation is 2. The Morgan fingerprint density at radius 2 is 1.90 bits per heavy atom. The SMILES string of the molecule is CCc1nnc(N(C)CCC2CCCCN2C)nc1CC. The summed E-state index contributed by atoms with van der Waals surface area (Å²) in [6.07, 6.45) is 7.02. The lowest BCUT2D eigenvalue weighted by Gasteiger charge is -2.33. The number of aromatic nitrogens is 3. The van der Waals surface area contributed by atoms with Crippen LogP contribution in [0.2, 0.25) is 0 Å². The fourth-order valence-corrected chi connectivity index (χ4v) is 3.04. The average Bonchev–Trinajstić information content (AvgIpc) is 2.53. The molecule has 118 valence electrons. The minimum atomic E-state index is 0.703. The van der Waals surface area contributed by atoms with Crippen molar-refractivity contribution in [2.45, 2.75) is 58.4 Å². The molecule has 0 aromatic carbocycles. The van der Waals surface area contributed by atoms with Gasteiger partial charge in [0.15, 0.2) is 0 Å². The number of anilines is 1. The van der Waals surface area contributed by atoms with E-state index in [4.69, 9.17) is 0 Å². The molecule has 0 amide bonds. The predicted molar refractivity (Wildman–Crippen MR) is 86.7 cm³/mol. The number of rotatable bonds is 6. The topological polar surface area (TPSA) is 45.2 Å². The van der Waals surface area contributed by atoms with Crippen LogP contribution >= 0.6 is 0 Å². The Kier molecular flexibility index (Phi) is 5.91. The van der Waals surface area contributed by atoms with Crippen LogP contribution in [0.15, 0.2) is 0 Å². The molecule has 1 fully saturated rings. The molecule has 5 heteroatoms. The summed E-state index contributed by atoms with van der Waals surface area (Å²) in [5.74, 6) is 0.766. The van der Waals surface area contributed by atoms with Crippen molar-refractivity contribution in [1.82, 2.24) is 20.1 Å². The summed E-state index contributed by atoms with van der Waals surface area (Å²) < 4.78 is 0. The fraction of sp³-hybridized carbons (Fsp3) is 0.812. The van der Waals surface area contributed by atoms with Gasteiger partial charge >= 0.3 is 0 Å². The van der Waals surface area contributed by atoms with Crippen LogP contribution in [0, 0.1) is 0 Å². The van der Waals surface area contributed by atoms with E-state index >= 15 is 0 Å². The molecule has 1 saturated heterocycles. The van der Waals surface area contributed by atoms with Crippen molar-refractivity contribution in [1.29, 1.82) is 0 Å². The zero-order valence-corrected chi connectivity index (χ0v) is 14.0. The normalized spacial score (nSPS) is 19.7. The second kappa shape index (κ2) is 7.69. The molecule has 2 heterocycles. The molecule has 0 saturated carbocycles. The molecule has 0 bridgehead atoms. The van der Waals surface area contributed by atoms with E-state index < -0.39 is 0 Å². The molecule has 21 heavy (non-hydrogen) atoms. The Morgan fingerprint density at radius 1 is 1.14 bits per heavy atom. The highest BCUT2D eigenvalue weighted by atomic mass is 15.3. The summed E-state index contributed by atoms with van der Waals surface area (Å²) in [5.41, 5.74) is 2.12. The lowest BCUT2D eigenvalue weighted by molar-refractivity contribution is 0.178. The van der Waals surface area contributed by atoms with Gasteiger partial charge in [-0.1, -0.05) is 20.3 Å². The summed E-state index contributed by atoms with van der Waals surface area (Å²) in [4.78, 5) is 9.32. The minimum Gasteiger partial charge on any atom is -0.343 e. The van der Waals surface area contributed by atoms with E-state index in [0.717, 1.165) is 36.7 Å². The largest absolute Gasteiger partial charge is 0.343 e. The zero-order chi connectivity index (χ0) is 15.2. The van der Waals surface area contributed by atoms with E-state index in [2.05, 4.69) is 52.9 Å². The Morgan fingerprint density at radius 3 is 2.57 bits per heavy atom. The highest BCUT2D eigenvalue weighted by molar-refractivity contribution is 5.29. The van der Waals surface area contributed by atoms with Gasteiger partial charge in [0, 0.05) is 19.6 Å². The van der Waals surface area contributed by atoms with E-state index in [1.165, 1.54) is 32.2 Å². The number of likely N-dealkylation sites (tertiary alicyclic amines) is 1. The van der Waals surface area contributed by atoms with Gasteiger partial charge in [0.2, 0.25) is 5.95 Å². The first-order chi connectivity index (χ1) is 10.2. The van der Waals surface area contributed by atoms with Gasteiger partial charge in [-0.15, -0.1) is 5.10 Å². The molecule has 1 aliphatic heterocycles. The molecule has 0 aliphatic carbocycles. The predicted octanol–water partition coefficient (Wildman–Crippen LogP) is 2.31. The Bertz CT molecular complexity index is 448. The van der Waals surface area contributed by atoms with Crippen molar-refractivity contribution < 1.29 is 0 Å². The summed E-state index contributed by atoms with van der Waals surface area (Å²) in [6, 6.07) is 0.703. The lowest BCUT2D eigenvalue weighted by Crippen LogP contribution is -2.38. The molecular weight excluding hydrogens is 262 g/mol. The molecule has 0 spiro atoms. The quantitative estimate of drug-likeness (QED) is 0.805. The molecule has 1 aromatic heterocycles. The van der Waals surface area contributed by atoms with Crippen molar-refractivity contribution in [2.75, 3.05) is 32.1 Å². The molecule has 1 aliphatic rings. The third kappa shape index (κ3) is 4.13. The molecule has 0 radical (unpaired) electrons. The summed E-state index contributed by atoms with van der Waals surface area (Å²) in [6.45, 7) is 6.46. The molecule has 1 aromatic rings. The van der Waals surface area contributed by atoms with Gasteiger partial charge in [-0.25, -0.2) is 4.98 Å². The summed E-state index contributed by atoms with van der Waals surface area (Å²) in [5, 5.41) is 8.63. The van der Waals surface area contributed by atoms with Crippen molar-refractivity contribution in [3.8, 4) is 0 Å². The molecular formula is C16H29N5. The van der Waals surface area contributed by atoms with E-state index in [1.54, 1.807) is 0 Å². The number of hydrogen-bond acceptors (Lipinski definition) is 5. The van der Waals surface area contributed by atoms with Gasteiger partial charge < -0.3 is 9.80 Å². The van der Waals surface area contributed by atoms with Crippen LogP contribution in [-0.2, 0) is 12.8 Å². The highest BCUT2D eigenvalue weighted by Gasteiger charge is 2.19. The number of piperidine rings is 1. The average molecular weight is 291 g/mol. The second-order valence-corrected chi connectivity index (χ2v) is 6.05. The summed E-state index contributed by atoms with van der Waals surface area (Å²) >= 11 is 0. The van der Waals surface area contributed by atoms with Crippen LogP contribution in [0.4, 0.5) is 5.95 Å². The van der Waals surface area contributed by atoms with Crippen LogP contribution < -0.4 is 4.90 Å². The van der Waals surface area contributed by atoms with Gasteiger partial charge in [0.05, 0.1) is 11.4 Å². The van der Waals surface area contributed by atoms with Crippen LogP contribution in [0.1, 0.15) is 50.9 Å². The Balaban J connectivity index is 1.95. The van der Waals surface area contributed by atoms with Crippen molar-refractivity contribution >= 4 is 5.95 Å². The number of hydrogen-bond donors (Lipinski definition) is 0. The maximum absolute atomic E-state index is 4.68. The minimum absolute atomic E-state index is 0.703. The first-order valence-corrected chi connectivity index (χ1v) is 8.29. The smallest absolute Gasteiger partial charge is 0.245 e. The maximum atomic E-state index is 4.68. The molecule has 5 nitrogen and oxygen atoms in total. The van der Waals surface area contributed by atoms with Crippen molar-refractivity contribution in [3.63, 3.8) is 0 Å². The fourth-order valence-electron chi connectivity index (χ4n) is 3.04. The molecule has 1 unspecified atom stereocenters. The van der Waals surface area contributed by atoms with Gasteiger partial charge in [-0.2, -0.15) is 5.10 Å². The van der Waals surface area contributed by atoms with Gasteiger partial charge in [0.25, 0.3) is 0 Å². The Hall–Kier alpha value is -1.23. The van der Waals surface area contributed by atoms with Crippen LogP contribution in [0.25, 0.3) is 0 Å². The lowest BCUT2D eigenvalue weighted by atomic mass is 10.00. The van der Waals surface area contributed by atoms with Gasteiger partial charge in [-0.3, -0.25) is 0 Å². The maximum Gasteiger partial charge on any atom is 0.245 e. The Labute approximate surface area is 128 Å². The van der Waals surface area contributed by atoms with Crippen LogP contribution in [0.3, 0.4) is 0 Å². The molecule has 1 atom stereocenters. The molecule has 0 N–H and O–H groups in total. The van der Waals surface area contributed by atoms with Crippen LogP contribution in [0.5, 0.6) is 0 Å². The van der Waals surface area contributed by atoms with E-state index in [0.29, 0.717) is 6.04 Å². The van der Waals surface area contributed by atoms with E-state index in [9.17, 15) is 0 Å². The van der Waals surface area contributed by atoms with E-state index in [-0.39, 0.29) is 0 Å². The third-order valence-electron chi connectivity index (χ3n) is 4.56. The number of nitrogens with zero attached hydrogens (tertiary/aromatic N) is 5. The third-order valence-corrected chi connectivity index (χ3v) is 4.56. The highest BCUT2D eigenvalue weighted by Crippen LogP contribution is 2.18. The second-order valence-electron chi connectivity index (χ2n) is 6.05. The summed E-state index contributed by atoms with van der Waals surface area (Å²) in [7, 11) is 4.32. The monoisotopic (exact) mass is 291 g/mol.